The van der Waals surface area contributed by atoms with Gasteiger partial charge in [0.1, 0.15) is 0 Å². The lowest BCUT2D eigenvalue weighted by molar-refractivity contribution is 0.117. The van der Waals surface area contributed by atoms with E-state index in [1.807, 2.05) is 0 Å². The van der Waals surface area contributed by atoms with Crippen molar-refractivity contribution in [2.24, 2.45) is 5.92 Å². The number of nitrogens with one attached hydrogen (secondary N) is 1. The fraction of sp³-hybridized carbons (Fsp3) is 0.647. The minimum atomic E-state index is 0.404. The van der Waals surface area contributed by atoms with Crippen molar-refractivity contribution in [3.05, 3.63) is 34.9 Å². The van der Waals surface area contributed by atoms with Gasteiger partial charge in [-0.15, -0.1) is 0 Å². The molecule has 0 radical (unpaired) electrons. The number of benzene rings is 1. The van der Waals surface area contributed by atoms with E-state index >= 15 is 0 Å². The van der Waals surface area contributed by atoms with Crippen molar-refractivity contribution in [2.45, 2.75) is 52.7 Å². The molecule has 1 heterocycles. The number of aryl methyl sites for hydroxylation is 2. The van der Waals surface area contributed by atoms with Crippen LogP contribution in [0.4, 0.5) is 0 Å². The Morgan fingerprint density at radius 1 is 1.37 bits per heavy atom. The van der Waals surface area contributed by atoms with E-state index in [2.05, 4.69) is 51.2 Å². The highest BCUT2D eigenvalue weighted by Gasteiger charge is 2.30. The molecule has 1 aliphatic rings. The molecular weight excluding hydrogens is 234 g/mol. The van der Waals surface area contributed by atoms with Crippen LogP contribution in [0, 0.1) is 19.8 Å². The third kappa shape index (κ3) is 3.58. The molecule has 0 aromatic heterocycles. The van der Waals surface area contributed by atoms with E-state index in [0.29, 0.717) is 18.1 Å². The SMILES string of the molecule is CCCNC(c1ccc(C)cc1C)C1COC(C)C1. The Morgan fingerprint density at radius 2 is 2.16 bits per heavy atom. The highest BCUT2D eigenvalue weighted by molar-refractivity contribution is 5.33. The summed E-state index contributed by atoms with van der Waals surface area (Å²) in [5, 5.41) is 3.73. The highest BCUT2D eigenvalue weighted by atomic mass is 16.5. The number of hydrogen-bond acceptors (Lipinski definition) is 2. The lowest BCUT2D eigenvalue weighted by atomic mass is 9.88. The Bertz CT molecular complexity index is 416. The van der Waals surface area contributed by atoms with E-state index in [1.54, 1.807) is 0 Å². The molecule has 0 saturated carbocycles. The molecule has 3 unspecified atom stereocenters. The molecule has 1 fully saturated rings. The first kappa shape index (κ1) is 14.5. The van der Waals surface area contributed by atoms with Crippen LogP contribution >= 0.6 is 0 Å². The van der Waals surface area contributed by atoms with Crippen molar-refractivity contribution in [3.8, 4) is 0 Å². The molecule has 0 aliphatic carbocycles. The van der Waals surface area contributed by atoms with Crippen molar-refractivity contribution < 1.29 is 4.74 Å². The summed E-state index contributed by atoms with van der Waals surface area (Å²) in [6, 6.07) is 7.24. The van der Waals surface area contributed by atoms with Crippen molar-refractivity contribution in [3.63, 3.8) is 0 Å². The third-order valence-electron chi connectivity index (χ3n) is 4.08. The van der Waals surface area contributed by atoms with Gasteiger partial charge in [0.05, 0.1) is 12.7 Å². The van der Waals surface area contributed by atoms with Gasteiger partial charge in [-0.1, -0.05) is 30.7 Å². The summed E-state index contributed by atoms with van der Waals surface area (Å²) >= 11 is 0. The molecule has 3 atom stereocenters. The number of hydrogen-bond donors (Lipinski definition) is 1. The first-order valence-corrected chi connectivity index (χ1v) is 7.54. The van der Waals surface area contributed by atoms with Crippen LogP contribution in [0.5, 0.6) is 0 Å². The van der Waals surface area contributed by atoms with Crippen molar-refractivity contribution in [2.75, 3.05) is 13.2 Å². The van der Waals surface area contributed by atoms with E-state index < -0.39 is 0 Å². The fourth-order valence-corrected chi connectivity index (χ4v) is 3.09. The third-order valence-corrected chi connectivity index (χ3v) is 4.08. The van der Waals surface area contributed by atoms with Crippen LogP contribution < -0.4 is 5.32 Å². The van der Waals surface area contributed by atoms with Gasteiger partial charge >= 0.3 is 0 Å². The molecule has 1 aromatic carbocycles. The zero-order valence-electron chi connectivity index (χ0n) is 12.7. The van der Waals surface area contributed by atoms with Crippen LogP contribution in [0.3, 0.4) is 0 Å². The average molecular weight is 261 g/mol. The first-order valence-electron chi connectivity index (χ1n) is 7.54. The fourth-order valence-electron chi connectivity index (χ4n) is 3.09. The maximum Gasteiger partial charge on any atom is 0.0551 e. The molecule has 1 aromatic rings. The van der Waals surface area contributed by atoms with Crippen molar-refractivity contribution >= 4 is 0 Å². The van der Waals surface area contributed by atoms with Crippen LogP contribution in [-0.4, -0.2) is 19.3 Å². The van der Waals surface area contributed by atoms with E-state index in [9.17, 15) is 0 Å². The molecule has 0 spiro atoms. The van der Waals surface area contributed by atoms with Gasteiger partial charge < -0.3 is 10.1 Å². The van der Waals surface area contributed by atoms with E-state index in [-0.39, 0.29) is 0 Å². The Labute approximate surface area is 117 Å². The smallest absolute Gasteiger partial charge is 0.0551 e. The van der Waals surface area contributed by atoms with Crippen molar-refractivity contribution in [1.82, 2.24) is 5.32 Å². The molecule has 1 N–H and O–H groups in total. The van der Waals surface area contributed by atoms with Crippen molar-refractivity contribution in [1.29, 1.82) is 0 Å². The average Bonchev–Trinajstić information content (AvgIpc) is 2.78. The van der Waals surface area contributed by atoms with Gasteiger partial charge in [0.25, 0.3) is 0 Å². The van der Waals surface area contributed by atoms with Gasteiger partial charge in [0.15, 0.2) is 0 Å². The van der Waals surface area contributed by atoms with Crippen LogP contribution in [0.2, 0.25) is 0 Å². The Kier molecular flexibility index (Phi) is 5.00. The molecule has 2 nitrogen and oxygen atoms in total. The molecule has 1 aliphatic heterocycles. The molecule has 19 heavy (non-hydrogen) atoms. The van der Waals surface area contributed by atoms with Gasteiger partial charge in [0.2, 0.25) is 0 Å². The van der Waals surface area contributed by atoms with Crippen LogP contribution in [-0.2, 0) is 4.74 Å². The molecule has 1 saturated heterocycles. The summed E-state index contributed by atoms with van der Waals surface area (Å²) < 4.78 is 5.77. The molecule has 0 bridgehead atoms. The number of ether oxygens (including phenoxy) is 1. The molecule has 0 amide bonds. The largest absolute Gasteiger partial charge is 0.378 e. The maximum atomic E-state index is 5.77. The predicted molar refractivity (Wildman–Crippen MR) is 80.5 cm³/mol. The maximum absolute atomic E-state index is 5.77. The summed E-state index contributed by atoms with van der Waals surface area (Å²) in [6.45, 7) is 10.7. The van der Waals surface area contributed by atoms with E-state index in [1.165, 1.54) is 23.1 Å². The molecule has 106 valence electrons. The Morgan fingerprint density at radius 3 is 2.74 bits per heavy atom. The predicted octanol–water partition coefficient (Wildman–Crippen LogP) is 3.77. The molecule has 2 rings (SSSR count). The summed E-state index contributed by atoms with van der Waals surface area (Å²) in [5.41, 5.74) is 4.18. The molecular formula is C17H27NO. The second-order valence-electron chi connectivity index (χ2n) is 5.93. The summed E-state index contributed by atoms with van der Waals surface area (Å²) in [5.74, 6) is 0.600. The van der Waals surface area contributed by atoms with Crippen LogP contribution in [0.1, 0.15) is 49.4 Å². The number of rotatable bonds is 5. The van der Waals surface area contributed by atoms with Gasteiger partial charge in [-0.2, -0.15) is 0 Å². The lowest BCUT2D eigenvalue weighted by Gasteiger charge is -2.26. The van der Waals surface area contributed by atoms with Gasteiger partial charge in [-0.05, 0) is 51.3 Å². The summed E-state index contributed by atoms with van der Waals surface area (Å²) in [7, 11) is 0. The highest BCUT2D eigenvalue weighted by Crippen LogP contribution is 2.33. The minimum Gasteiger partial charge on any atom is -0.378 e. The lowest BCUT2D eigenvalue weighted by Crippen LogP contribution is -2.30. The van der Waals surface area contributed by atoms with Crippen LogP contribution in [0.25, 0.3) is 0 Å². The molecule has 2 heteroatoms. The van der Waals surface area contributed by atoms with E-state index in [0.717, 1.165) is 19.6 Å². The summed E-state index contributed by atoms with van der Waals surface area (Å²) in [6.07, 6.45) is 2.74. The summed E-state index contributed by atoms with van der Waals surface area (Å²) in [4.78, 5) is 0. The monoisotopic (exact) mass is 261 g/mol. The minimum absolute atomic E-state index is 0.404. The Hall–Kier alpha value is -0.860. The second-order valence-corrected chi connectivity index (χ2v) is 5.93. The first-order chi connectivity index (χ1) is 9.11. The van der Waals surface area contributed by atoms with Gasteiger partial charge in [0, 0.05) is 12.0 Å². The van der Waals surface area contributed by atoms with Gasteiger partial charge in [-0.25, -0.2) is 0 Å². The topological polar surface area (TPSA) is 21.3 Å². The Balaban J connectivity index is 2.21. The zero-order chi connectivity index (χ0) is 13.8. The van der Waals surface area contributed by atoms with E-state index in [4.69, 9.17) is 4.74 Å². The van der Waals surface area contributed by atoms with Crippen LogP contribution in [0.15, 0.2) is 18.2 Å². The standard InChI is InChI=1S/C17H27NO/c1-5-8-18-17(15-10-14(4)19-11-15)16-7-6-12(2)9-13(16)3/h6-7,9,14-15,17-18H,5,8,10-11H2,1-4H3. The zero-order valence-corrected chi connectivity index (χ0v) is 12.7. The normalized spacial score (nSPS) is 24.6. The second kappa shape index (κ2) is 6.53. The van der Waals surface area contributed by atoms with Gasteiger partial charge in [-0.3, -0.25) is 0 Å². The quantitative estimate of drug-likeness (QED) is 0.871.